The van der Waals surface area contributed by atoms with E-state index in [1.165, 1.54) is 36.9 Å². The molecule has 0 bridgehead atoms. The number of hydrogen-bond acceptors (Lipinski definition) is 5. The highest BCUT2D eigenvalue weighted by molar-refractivity contribution is 7.89. The highest BCUT2D eigenvalue weighted by Gasteiger charge is 2.30. The zero-order valence-corrected chi connectivity index (χ0v) is 21.5. The van der Waals surface area contributed by atoms with Crippen LogP contribution in [0.25, 0.3) is 10.9 Å². The minimum Gasteiger partial charge on any atom is -0.352 e. The van der Waals surface area contributed by atoms with Crippen LogP contribution in [0, 0.1) is 5.92 Å². The van der Waals surface area contributed by atoms with Gasteiger partial charge in [0.15, 0.2) is 0 Å². The molecule has 1 aromatic heterocycles. The Balaban J connectivity index is 1.67. The SMILES string of the molecule is CC1CCCCC1NC(=O)C(Cc1ccccc1)NS(=O)(=O)c1ccc2c(c1)c(=O)n(C)c(=O)n2C. The fraction of sp³-hybridized carbons (Fsp3) is 0.423. The molecule has 9 nitrogen and oxygen atoms in total. The second kappa shape index (κ2) is 10.4. The lowest BCUT2D eigenvalue weighted by Gasteiger charge is -2.31. The molecule has 0 saturated heterocycles. The van der Waals surface area contributed by atoms with Crippen molar-refractivity contribution < 1.29 is 13.2 Å². The number of amides is 1. The third kappa shape index (κ3) is 5.29. The summed E-state index contributed by atoms with van der Waals surface area (Å²) in [6.45, 7) is 2.10. The van der Waals surface area contributed by atoms with E-state index in [2.05, 4.69) is 17.0 Å². The minimum atomic E-state index is -4.17. The maximum atomic E-state index is 13.4. The lowest BCUT2D eigenvalue weighted by atomic mass is 9.86. The Morgan fingerprint density at radius 3 is 2.42 bits per heavy atom. The van der Waals surface area contributed by atoms with Gasteiger partial charge in [0.25, 0.3) is 5.56 Å². The number of nitrogens with zero attached hydrogens (tertiary/aromatic N) is 2. The predicted molar refractivity (Wildman–Crippen MR) is 138 cm³/mol. The van der Waals surface area contributed by atoms with Crippen molar-refractivity contribution in [3.63, 3.8) is 0 Å². The second-order valence-electron chi connectivity index (χ2n) is 9.63. The standard InChI is InChI=1S/C26H32N4O5S/c1-17-9-7-8-12-21(17)27-24(31)22(15-18-10-5-4-6-11-18)28-36(34,35)19-13-14-23-20(16-19)25(32)30(3)26(33)29(23)2/h4-6,10-11,13-14,16-17,21-22,28H,7-9,12,15H2,1-3H3,(H,27,31). The summed E-state index contributed by atoms with van der Waals surface area (Å²) in [5.74, 6) is -0.0553. The van der Waals surface area contributed by atoms with Crippen molar-refractivity contribution >= 4 is 26.8 Å². The summed E-state index contributed by atoms with van der Waals surface area (Å²) in [4.78, 5) is 38.1. The van der Waals surface area contributed by atoms with Gasteiger partial charge in [-0.1, -0.05) is 50.1 Å². The van der Waals surface area contributed by atoms with Gasteiger partial charge in [0, 0.05) is 20.1 Å². The minimum absolute atomic E-state index is 0.000921. The van der Waals surface area contributed by atoms with Crippen LogP contribution in [0.5, 0.6) is 0 Å². The van der Waals surface area contributed by atoms with Crippen molar-refractivity contribution in [3.05, 3.63) is 74.9 Å². The molecule has 3 aromatic rings. The topological polar surface area (TPSA) is 119 Å². The molecule has 1 amide bonds. The predicted octanol–water partition coefficient (Wildman–Crippen LogP) is 1.82. The van der Waals surface area contributed by atoms with Gasteiger partial charge >= 0.3 is 5.69 Å². The number of carbonyl (C=O) groups excluding carboxylic acids is 1. The molecule has 1 fully saturated rings. The molecule has 0 radical (unpaired) electrons. The number of nitrogens with one attached hydrogen (secondary N) is 2. The Hall–Kier alpha value is -3.24. The van der Waals surface area contributed by atoms with Gasteiger partial charge in [-0.15, -0.1) is 0 Å². The number of fused-ring (bicyclic) bond motifs is 1. The van der Waals surface area contributed by atoms with E-state index >= 15 is 0 Å². The molecule has 1 heterocycles. The number of sulfonamides is 1. The van der Waals surface area contributed by atoms with Crippen LogP contribution in [0.2, 0.25) is 0 Å². The Labute approximate surface area is 210 Å². The average molecular weight is 513 g/mol. The summed E-state index contributed by atoms with van der Waals surface area (Å²) in [7, 11) is -1.31. The molecule has 0 aliphatic heterocycles. The van der Waals surface area contributed by atoms with Gasteiger partial charge in [-0.25, -0.2) is 13.2 Å². The number of benzene rings is 2. The third-order valence-electron chi connectivity index (χ3n) is 7.08. The zero-order chi connectivity index (χ0) is 26.0. The van der Waals surface area contributed by atoms with Gasteiger partial charge in [-0.05, 0) is 48.9 Å². The summed E-state index contributed by atoms with van der Waals surface area (Å²) in [5, 5.41) is 3.17. The van der Waals surface area contributed by atoms with E-state index in [1.54, 1.807) is 0 Å². The highest BCUT2D eigenvalue weighted by Crippen LogP contribution is 2.24. The Morgan fingerprint density at radius 1 is 1.03 bits per heavy atom. The maximum Gasteiger partial charge on any atom is 0.330 e. The van der Waals surface area contributed by atoms with E-state index in [1.807, 2.05) is 30.3 Å². The van der Waals surface area contributed by atoms with Crippen LogP contribution >= 0.6 is 0 Å². The largest absolute Gasteiger partial charge is 0.352 e. The zero-order valence-electron chi connectivity index (χ0n) is 20.7. The molecule has 192 valence electrons. The Kier molecular flexibility index (Phi) is 7.46. The number of rotatable bonds is 7. The van der Waals surface area contributed by atoms with Crippen molar-refractivity contribution in [2.45, 2.75) is 56.0 Å². The summed E-state index contributed by atoms with van der Waals surface area (Å²) < 4.78 is 31.6. The van der Waals surface area contributed by atoms with Crippen molar-refractivity contribution in [3.8, 4) is 0 Å². The first-order valence-electron chi connectivity index (χ1n) is 12.1. The van der Waals surface area contributed by atoms with E-state index in [9.17, 15) is 22.8 Å². The molecule has 2 aromatic carbocycles. The van der Waals surface area contributed by atoms with Gasteiger partial charge in [0.1, 0.15) is 6.04 Å². The van der Waals surface area contributed by atoms with Crippen LogP contribution in [0.1, 0.15) is 38.2 Å². The van der Waals surface area contributed by atoms with Crippen molar-refractivity contribution in [1.29, 1.82) is 0 Å². The highest BCUT2D eigenvalue weighted by atomic mass is 32.2. The summed E-state index contributed by atoms with van der Waals surface area (Å²) in [5.41, 5.74) is 0.0547. The van der Waals surface area contributed by atoms with Crippen molar-refractivity contribution in [2.24, 2.45) is 20.0 Å². The molecule has 1 aliphatic rings. The molecule has 3 unspecified atom stereocenters. The molecule has 0 spiro atoms. The van der Waals surface area contributed by atoms with Gasteiger partial charge in [-0.2, -0.15) is 4.72 Å². The van der Waals surface area contributed by atoms with Gasteiger partial charge in [-0.3, -0.25) is 18.7 Å². The number of aryl methyl sites for hydroxylation is 1. The van der Waals surface area contributed by atoms with Gasteiger partial charge in [0.05, 0.1) is 15.8 Å². The average Bonchev–Trinajstić information content (AvgIpc) is 2.87. The quantitative estimate of drug-likeness (QED) is 0.501. The van der Waals surface area contributed by atoms with E-state index in [0.717, 1.165) is 35.8 Å². The molecule has 2 N–H and O–H groups in total. The number of carbonyl (C=O) groups is 1. The van der Waals surface area contributed by atoms with Crippen molar-refractivity contribution in [1.82, 2.24) is 19.2 Å². The summed E-state index contributed by atoms with van der Waals surface area (Å²) >= 11 is 0. The normalized spacial score (nSPS) is 19.2. The van der Waals surface area contributed by atoms with E-state index in [-0.39, 0.29) is 28.7 Å². The molecule has 1 aliphatic carbocycles. The van der Waals surface area contributed by atoms with Crippen LogP contribution in [0.4, 0.5) is 0 Å². The monoisotopic (exact) mass is 512 g/mol. The number of hydrogen-bond donors (Lipinski definition) is 2. The lowest BCUT2D eigenvalue weighted by molar-refractivity contribution is -0.124. The smallest absolute Gasteiger partial charge is 0.330 e. The lowest BCUT2D eigenvalue weighted by Crippen LogP contribution is -2.52. The molecule has 4 rings (SSSR count). The van der Waals surface area contributed by atoms with Crippen LogP contribution in [0.3, 0.4) is 0 Å². The molecular formula is C26H32N4O5S. The molecule has 1 saturated carbocycles. The molecule has 36 heavy (non-hydrogen) atoms. The Morgan fingerprint density at radius 2 is 1.72 bits per heavy atom. The van der Waals surface area contributed by atoms with Crippen LogP contribution in [-0.4, -0.2) is 35.5 Å². The molecular weight excluding hydrogens is 480 g/mol. The van der Waals surface area contributed by atoms with Crippen LogP contribution in [0.15, 0.2) is 63.0 Å². The van der Waals surface area contributed by atoms with E-state index in [4.69, 9.17) is 0 Å². The molecule has 3 atom stereocenters. The summed E-state index contributed by atoms with van der Waals surface area (Å²) in [6, 6.07) is 12.2. The van der Waals surface area contributed by atoms with Gasteiger partial charge in [0.2, 0.25) is 15.9 Å². The van der Waals surface area contributed by atoms with Gasteiger partial charge < -0.3 is 5.32 Å². The molecule has 10 heteroatoms. The van der Waals surface area contributed by atoms with E-state index in [0.29, 0.717) is 11.4 Å². The maximum absolute atomic E-state index is 13.4. The third-order valence-corrected chi connectivity index (χ3v) is 8.55. The first-order valence-corrected chi connectivity index (χ1v) is 13.6. The van der Waals surface area contributed by atoms with Crippen LogP contribution < -0.4 is 21.3 Å². The summed E-state index contributed by atoms with van der Waals surface area (Å²) in [6.07, 6.45) is 4.22. The fourth-order valence-electron chi connectivity index (χ4n) is 4.85. The number of aromatic nitrogens is 2. The van der Waals surface area contributed by atoms with Crippen LogP contribution in [-0.2, 0) is 35.3 Å². The second-order valence-corrected chi connectivity index (χ2v) is 11.3. The first kappa shape index (κ1) is 25.8. The fourth-order valence-corrected chi connectivity index (χ4v) is 6.07. The first-order chi connectivity index (χ1) is 17.1. The Bertz CT molecular complexity index is 1490. The van der Waals surface area contributed by atoms with Crippen molar-refractivity contribution in [2.75, 3.05) is 0 Å². The van der Waals surface area contributed by atoms with E-state index < -0.39 is 27.3 Å².